The van der Waals surface area contributed by atoms with E-state index in [9.17, 15) is 0 Å². The van der Waals surface area contributed by atoms with Gasteiger partial charge >= 0.3 is 0 Å². The molecule has 2 aromatic rings. The van der Waals surface area contributed by atoms with Crippen LogP contribution >= 0.6 is 11.3 Å². The van der Waals surface area contributed by atoms with Gasteiger partial charge in [0.05, 0.1) is 18.1 Å². The number of hydrogen-bond donors (Lipinski definition) is 2. The summed E-state index contributed by atoms with van der Waals surface area (Å²) in [5, 5.41) is 6.47. The smallest absolute Gasteiger partial charge is 0.118 e. The van der Waals surface area contributed by atoms with E-state index in [1.807, 2.05) is 23.7 Å². The standard InChI is InChI=1S/C11H15N3OS/c12-7-9-1-2-10(15-9)8-13-4-3-11-14-5-6-16-11/h1-2,5-6,13H,3-4,7-8,12H2. The fourth-order valence-corrected chi connectivity index (χ4v) is 2.03. The molecule has 0 radical (unpaired) electrons. The molecule has 0 atom stereocenters. The van der Waals surface area contributed by atoms with Crippen molar-refractivity contribution in [1.29, 1.82) is 0 Å². The lowest BCUT2D eigenvalue weighted by Gasteiger charge is -2.00. The second-order valence-corrected chi connectivity index (χ2v) is 4.40. The van der Waals surface area contributed by atoms with Crippen LogP contribution in [0.2, 0.25) is 0 Å². The van der Waals surface area contributed by atoms with E-state index in [4.69, 9.17) is 10.2 Å². The van der Waals surface area contributed by atoms with Gasteiger partial charge in [0.2, 0.25) is 0 Å². The predicted molar refractivity (Wildman–Crippen MR) is 64.1 cm³/mol. The first kappa shape index (κ1) is 11.3. The Labute approximate surface area is 98.5 Å². The van der Waals surface area contributed by atoms with Gasteiger partial charge in [-0.2, -0.15) is 0 Å². The molecule has 2 aromatic heterocycles. The second kappa shape index (κ2) is 5.79. The lowest BCUT2D eigenvalue weighted by molar-refractivity contribution is 0.449. The molecule has 16 heavy (non-hydrogen) atoms. The van der Waals surface area contributed by atoms with E-state index in [-0.39, 0.29) is 0 Å². The van der Waals surface area contributed by atoms with Crippen LogP contribution in [0.5, 0.6) is 0 Å². The first-order valence-electron chi connectivity index (χ1n) is 5.25. The topological polar surface area (TPSA) is 64.1 Å². The lowest BCUT2D eigenvalue weighted by Crippen LogP contribution is -2.16. The molecule has 0 fully saturated rings. The van der Waals surface area contributed by atoms with Crippen molar-refractivity contribution in [3.63, 3.8) is 0 Å². The Morgan fingerprint density at radius 2 is 2.25 bits per heavy atom. The van der Waals surface area contributed by atoms with Crippen LogP contribution in [-0.2, 0) is 19.5 Å². The van der Waals surface area contributed by atoms with Gasteiger partial charge in [0.25, 0.3) is 0 Å². The molecule has 5 heteroatoms. The number of nitrogens with two attached hydrogens (primary N) is 1. The van der Waals surface area contributed by atoms with Crippen molar-refractivity contribution >= 4 is 11.3 Å². The molecule has 0 unspecified atom stereocenters. The average molecular weight is 237 g/mol. The van der Waals surface area contributed by atoms with E-state index in [2.05, 4.69) is 10.3 Å². The summed E-state index contributed by atoms with van der Waals surface area (Å²) in [5.41, 5.74) is 5.46. The van der Waals surface area contributed by atoms with Gasteiger partial charge in [-0.25, -0.2) is 4.98 Å². The van der Waals surface area contributed by atoms with Crippen LogP contribution in [0.1, 0.15) is 16.5 Å². The number of thiazole rings is 1. The number of hydrogen-bond acceptors (Lipinski definition) is 5. The van der Waals surface area contributed by atoms with Crippen LogP contribution in [0.3, 0.4) is 0 Å². The maximum absolute atomic E-state index is 5.47. The zero-order valence-electron chi connectivity index (χ0n) is 8.98. The summed E-state index contributed by atoms with van der Waals surface area (Å²) in [7, 11) is 0. The monoisotopic (exact) mass is 237 g/mol. The molecule has 0 aromatic carbocycles. The molecule has 0 amide bonds. The molecule has 2 rings (SSSR count). The number of nitrogens with zero attached hydrogens (tertiary/aromatic N) is 1. The molecule has 4 nitrogen and oxygen atoms in total. The summed E-state index contributed by atoms with van der Waals surface area (Å²) in [6, 6.07) is 3.87. The van der Waals surface area contributed by atoms with Gasteiger partial charge in [-0.15, -0.1) is 11.3 Å². The molecule has 0 bridgehead atoms. The molecule has 0 aliphatic carbocycles. The summed E-state index contributed by atoms with van der Waals surface area (Å²) in [4.78, 5) is 4.22. The van der Waals surface area contributed by atoms with Crippen molar-refractivity contribution in [2.75, 3.05) is 6.54 Å². The van der Waals surface area contributed by atoms with Crippen molar-refractivity contribution in [2.45, 2.75) is 19.5 Å². The fraction of sp³-hybridized carbons (Fsp3) is 0.364. The summed E-state index contributed by atoms with van der Waals surface area (Å²) in [6.07, 6.45) is 2.79. The quantitative estimate of drug-likeness (QED) is 0.748. The summed E-state index contributed by atoms with van der Waals surface area (Å²) >= 11 is 1.69. The first-order valence-corrected chi connectivity index (χ1v) is 6.13. The highest BCUT2D eigenvalue weighted by atomic mass is 32.1. The molecular weight excluding hydrogens is 222 g/mol. The molecule has 2 heterocycles. The summed E-state index contributed by atoms with van der Waals surface area (Å²) in [5.74, 6) is 1.76. The van der Waals surface area contributed by atoms with E-state index < -0.39 is 0 Å². The normalized spacial score (nSPS) is 10.8. The third kappa shape index (κ3) is 3.16. The van der Waals surface area contributed by atoms with E-state index in [1.165, 1.54) is 0 Å². The zero-order valence-corrected chi connectivity index (χ0v) is 9.80. The van der Waals surface area contributed by atoms with E-state index in [0.29, 0.717) is 6.54 Å². The molecule has 0 spiro atoms. The van der Waals surface area contributed by atoms with Gasteiger partial charge in [-0.05, 0) is 12.1 Å². The van der Waals surface area contributed by atoms with Crippen LogP contribution in [0.15, 0.2) is 28.1 Å². The summed E-state index contributed by atoms with van der Waals surface area (Å²) in [6.45, 7) is 2.11. The highest BCUT2D eigenvalue weighted by Gasteiger charge is 2.00. The van der Waals surface area contributed by atoms with E-state index >= 15 is 0 Å². The number of furan rings is 1. The maximum Gasteiger partial charge on any atom is 0.118 e. The third-order valence-electron chi connectivity index (χ3n) is 2.22. The molecule has 0 aliphatic rings. The van der Waals surface area contributed by atoms with E-state index in [1.54, 1.807) is 11.3 Å². The van der Waals surface area contributed by atoms with Crippen molar-refractivity contribution in [1.82, 2.24) is 10.3 Å². The Hall–Kier alpha value is -1.17. The Kier molecular flexibility index (Phi) is 4.10. The predicted octanol–water partition coefficient (Wildman–Crippen LogP) is 1.53. The number of aromatic nitrogens is 1. The van der Waals surface area contributed by atoms with Crippen LogP contribution in [0.4, 0.5) is 0 Å². The SMILES string of the molecule is NCc1ccc(CNCCc2nccs2)o1. The largest absolute Gasteiger partial charge is 0.463 e. The van der Waals surface area contributed by atoms with Gasteiger partial charge in [0.15, 0.2) is 0 Å². The van der Waals surface area contributed by atoms with Gasteiger partial charge in [0, 0.05) is 24.5 Å². The van der Waals surface area contributed by atoms with Gasteiger partial charge in [0.1, 0.15) is 11.5 Å². The van der Waals surface area contributed by atoms with Crippen LogP contribution in [0.25, 0.3) is 0 Å². The zero-order chi connectivity index (χ0) is 11.2. The third-order valence-corrected chi connectivity index (χ3v) is 3.06. The molecular formula is C11H15N3OS. The minimum absolute atomic E-state index is 0.457. The van der Waals surface area contributed by atoms with Gasteiger partial charge < -0.3 is 15.5 Å². The van der Waals surface area contributed by atoms with Crippen molar-refractivity contribution in [3.8, 4) is 0 Å². The van der Waals surface area contributed by atoms with Gasteiger partial charge in [-0.3, -0.25) is 0 Å². The van der Waals surface area contributed by atoms with Crippen molar-refractivity contribution < 1.29 is 4.42 Å². The maximum atomic E-state index is 5.47. The highest BCUT2D eigenvalue weighted by Crippen LogP contribution is 2.07. The second-order valence-electron chi connectivity index (χ2n) is 3.42. The number of rotatable bonds is 6. The van der Waals surface area contributed by atoms with Crippen molar-refractivity contribution in [2.24, 2.45) is 5.73 Å². The van der Waals surface area contributed by atoms with Gasteiger partial charge in [-0.1, -0.05) is 0 Å². The molecule has 0 saturated heterocycles. The lowest BCUT2D eigenvalue weighted by atomic mass is 10.4. The Balaban J connectivity index is 1.68. The minimum Gasteiger partial charge on any atom is -0.463 e. The Morgan fingerprint density at radius 3 is 2.94 bits per heavy atom. The average Bonchev–Trinajstić information content (AvgIpc) is 2.95. The minimum atomic E-state index is 0.457. The number of nitrogens with one attached hydrogen (secondary N) is 1. The molecule has 86 valence electrons. The van der Waals surface area contributed by atoms with Crippen molar-refractivity contribution in [3.05, 3.63) is 40.2 Å². The first-order chi connectivity index (χ1) is 7.88. The van der Waals surface area contributed by atoms with E-state index in [0.717, 1.165) is 36.0 Å². The van der Waals surface area contributed by atoms with Crippen LogP contribution in [-0.4, -0.2) is 11.5 Å². The van der Waals surface area contributed by atoms with Crippen LogP contribution in [0, 0.1) is 0 Å². The Morgan fingerprint density at radius 1 is 1.38 bits per heavy atom. The molecule has 0 saturated carbocycles. The van der Waals surface area contributed by atoms with Crippen LogP contribution < -0.4 is 11.1 Å². The molecule has 0 aliphatic heterocycles. The summed E-state index contributed by atoms with van der Waals surface area (Å²) < 4.78 is 5.47. The highest BCUT2D eigenvalue weighted by molar-refractivity contribution is 7.09. The molecule has 3 N–H and O–H groups in total. The Bertz CT molecular complexity index is 411. The fourth-order valence-electron chi connectivity index (χ4n) is 1.41.